The minimum atomic E-state index is 0.295. The summed E-state index contributed by atoms with van der Waals surface area (Å²) in [5.74, 6) is 1.72. The molecular weight excluding hydrogens is 342 g/mol. The number of hydrogen-bond donors (Lipinski definition) is 1. The van der Waals surface area contributed by atoms with Crippen LogP contribution in [0.15, 0.2) is 27.4 Å². The summed E-state index contributed by atoms with van der Waals surface area (Å²) in [5.41, 5.74) is 9.66. The van der Waals surface area contributed by atoms with E-state index in [1.54, 1.807) is 12.5 Å². The third-order valence-electron chi connectivity index (χ3n) is 4.22. The molecule has 3 aromatic rings. The van der Waals surface area contributed by atoms with E-state index in [9.17, 15) is 0 Å². The highest BCUT2D eigenvalue weighted by molar-refractivity contribution is 5.58. The quantitative estimate of drug-likeness (QED) is 0.640. The molecular formula is C20H27N5O2. The van der Waals surface area contributed by atoms with Gasteiger partial charge >= 0.3 is 0 Å². The summed E-state index contributed by atoms with van der Waals surface area (Å²) in [7, 11) is 0. The molecule has 0 bridgehead atoms. The second-order valence-corrected chi connectivity index (χ2v) is 7.47. The van der Waals surface area contributed by atoms with Crippen molar-refractivity contribution in [2.75, 3.05) is 6.54 Å². The number of nitrogens with zero attached hydrogens (tertiary/aromatic N) is 4. The van der Waals surface area contributed by atoms with E-state index in [2.05, 4.69) is 47.9 Å². The van der Waals surface area contributed by atoms with Crippen LogP contribution < -0.4 is 5.73 Å². The molecule has 0 aliphatic carbocycles. The van der Waals surface area contributed by atoms with Crippen molar-refractivity contribution in [3.8, 4) is 23.2 Å². The Balaban J connectivity index is 1.95. The zero-order valence-corrected chi connectivity index (χ0v) is 16.4. The third kappa shape index (κ3) is 4.60. The van der Waals surface area contributed by atoms with Crippen molar-refractivity contribution in [2.24, 2.45) is 11.7 Å². The molecule has 7 heteroatoms. The van der Waals surface area contributed by atoms with Crippen LogP contribution in [-0.4, -0.2) is 26.7 Å². The maximum absolute atomic E-state index is 5.66. The minimum Gasteiger partial charge on any atom is -0.443 e. The fraction of sp³-hybridized carbons (Fsp3) is 0.500. The highest BCUT2D eigenvalue weighted by Gasteiger charge is 2.19. The summed E-state index contributed by atoms with van der Waals surface area (Å²) in [6, 6.07) is 1.97. The fourth-order valence-electron chi connectivity index (χ4n) is 2.79. The van der Waals surface area contributed by atoms with Gasteiger partial charge in [0, 0.05) is 0 Å². The first-order valence-electron chi connectivity index (χ1n) is 9.45. The van der Waals surface area contributed by atoms with Crippen LogP contribution in [0.1, 0.15) is 57.0 Å². The predicted octanol–water partition coefficient (Wildman–Crippen LogP) is 4.00. The van der Waals surface area contributed by atoms with E-state index in [0.29, 0.717) is 41.5 Å². The lowest BCUT2D eigenvalue weighted by Crippen LogP contribution is -2.03. The molecule has 2 N–H and O–H groups in total. The van der Waals surface area contributed by atoms with Crippen molar-refractivity contribution in [3.05, 3.63) is 35.5 Å². The van der Waals surface area contributed by atoms with Crippen LogP contribution in [0.2, 0.25) is 0 Å². The van der Waals surface area contributed by atoms with Gasteiger partial charge in [-0.05, 0) is 49.3 Å². The Morgan fingerprint density at radius 3 is 2.44 bits per heavy atom. The number of hydrogen-bond acceptors (Lipinski definition) is 7. The van der Waals surface area contributed by atoms with Crippen molar-refractivity contribution >= 4 is 0 Å². The molecule has 0 aliphatic heterocycles. The van der Waals surface area contributed by atoms with Crippen molar-refractivity contribution < 1.29 is 8.83 Å². The molecule has 3 rings (SSSR count). The van der Waals surface area contributed by atoms with Gasteiger partial charge in [0.1, 0.15) is 18.2 Å². The van der Waals surface area contributed by atoms with E-state index < -0.39 is 0 Å². The largest absolute Gasteiger partial charge is 0.443 e. The van der Waals surface area contributed by atoms with Gasteiger partial charge in [-0.15, -0.1) is 10.2 Å². The lowest BCUT2D eigenvalue weighted by molar-refractivity contribution is 0.560. The Morgan fingerprint density at radius 2 is 1.78 bits per heavy atom. The van der Waals surface area contributed by atoms with Crippen molar-refractivity contribution in [2.45, 2.75) is 52.9 Å². The minimum absolute atomic E-state index is 0.295. The molecule has 0 aromatic carbocycles. The summed E-state index contributed by atoms with van der Waals surface area (Å²) >= 11 is 0. The van der Waals surface area contributed by atoms with Crippen molar-refractivity contribution in [3.63, 3.8) is 0 Å². The first kappa shape index (κ1) is 19.2. The Morgan fingerprint density at radius 1 is 1.00 bits per heavy atom. The van der Waals surface area contributed by atoms with Crippen LogP contribution in [0.3, 0.4) is 0 Å². The Labute approximate surface area is 159 Å². The monoisotopic (exact) mass is 369 g/mol. The zero-order valence-electron chi connectivity index (χ0n) is 16.4. The molecule has 27 heavy (non-hydrogen) atoms. The Kier molecular flexibility index (Phi) is 6.01. The molecule has 0 fully saturated rings. The Hall–Kier alpha value is -2.54. The molecule has 3 aromatic heterocycles. The maximum atomic E-state index is 5.66. The van der Waals surface area contributed by atoms with E-state index in [4.69, 9.17) is 14.6 Å². The second-order valence-electron chi connectivity index (χ2n) is 7.47. The summed E-state index contributed by atoms with van der Waals surface area (Å²) in [6.07, 6.45) is 5.84. The molecule has 0 radical (unpaired) electrons. The number of aryl methyl sites for hydroxylation is 1. The third-order valence-corrected chi connectivity index (χ3v) is 4.22. The van der Waals surface area contributed by atoms with Gasteiger partial charge in [-0.2, -0.15) is 0 Å². The summed E-state index contributed by atoms with van der Waals surface area (Å²) in [4.78, 5) is 9.07. The molecule has 7 nitrogen and oxygen atoms in total. The molecule has 0 unspecified atom stereocenters. The molecule has 0 atom stereocenters. The lowest BCUT2D eigenvalue weighted by Gasteiger charge is -2.09. The van der Waals surface area contributed by atoms with E-state index >= 15 is 0 Å². The van der Waals surface area contributed by atoms with E-state index in [-0.39, 0.29) is 0 Å². The normalized spacial score (nSPS) is 11.7. The van der Waals surface area contributed by atoms with Crippen molar-refractivity contribution in [1.82, 2.24) is 20.2 Å². The molecule has 0 saturated carbocycles. The van der Waals surface area contributed by atoms with Gasteiger partial charge < -0.3 is 14.6 Å². The molecule has 3 heterocycles. The highest BCUT2D eigenvalue weighted by atomic mass is 16.3. The van der Waals surface area contributed by atoms with Gasteiger partial charge in [0.25, 0.3) is 0 Å². The molecule has 144 valence electrons. The number of oxazole rings is 2. The van der Waals surface area contributed by atoms with Crippen molar-refractivity contribution in [1.29, 1.82) is 0 Å². The van der Waals surface area contributed by atoms with Crippen LogP contribution >= 0.6 is 0 Å². The highest BCUT2D eigenvalue weighted by Crippen LogP contribution is 2.27. The second kappa shape index (κ2) is 8.43. The van der Waals surface area contributed by atoms with E-state index in [1.807, 2.05) is 6.07 Å². The average molecular weight is 369 g/mol. The van der Waals surface area contributed by atoms with Crippen LogP contribution in [0.4, 0.5) is 0 Å². The van der Waals surface area contributed by atoms with E-state index in [1.165, 1.54) is 0 Å². The van der Waals surface area contributed by atoms with Gasteiger partial charge in [-0.3, -0.25) is 0 Å². The molecule has 0 aliphatic rings. The van der Waals surface area contributed by atoms with Gasteiger partial charge in [0.2, 0.25) is 11.8 Å². The molecule has 0 spiro atoms. The van der Waals surface area contributed by atoms with Gasteiger partial charge in [-0.25, -0.2) is 9.97 Å². The SMILES string of the molecule is CC(C)Cc1cc(-c2nc(C(C)C)co2)nnc1-c1nc(CCCN)co1. The van der Waals surface area contributed by atoms with Crippen LogP contribution in [0, 0.1) is 5.92 Å². The van der Waals surface area contributed by atoms with Gasteiger partial charge in [0.15, 0.2) is 5.69 Å². The van der Waals surface area contributed by atoms with Gasteiger partial charge in [0.05, 0.1) is 11.4 Å². The smallest absolute Gasteiger partial charge is 0.247 e. The van der Waals surface area contributed by atoms with Gasteiger partial charge in [-0.1, -0.05) is 27.7 Å². The van der Waals surface area contributed by atoms with Crippen LogP contribution in [-0.2, 0) is 12.8 Å². The first-order valence-corrected chi connectivity index (χ1v) is 9.45. The van der Waals surface area contributed by atoms with Crippen LogP contribution in [0.25, 0.3) is 23.2 Å². The maximum Gasteiger partial charge on any atom is 0.247 e. The molecule has 0 saturated heterocycles. The summed E-state index contributed by atoms with van der Waals surface area (Å²) < 4.78 is 11.3. The summed E-state index contributed by atoms with van der Waals surface area (Å²) in [6.45, 7) is 9.10. The predicted molar refractivity (Wildman–Crippen MR) is 103 cm³/mol. The van der Waals surface area contributed by atoms with Crippen LogP contribution in [0.5, 0.6) is 0 Å². The number of rotatable bonds is 8. The van der Waals surface area contributed by atoms with E-state index in [0.717, 1.165) is 36.2 Å². The Bertz CT molecular complexity index is 882. The first-order chi connectivity index (χ1) is 13.0. The standard InChI is InChI=1S/C20H27N5O2/c1-12(2)8-14-9-16(19-23-17(11-27-19)13(3)4)24-25-18(14)20-22-15(10-26-20)6-5-7-21/h9-13H,5-8,21H2,1-4H3. The topological polar surface area (TPSA) is 104 Å². The average Bonchev–Trinajstić information content (AvgIpc) is 3.29. The lowest BCUT2D eigenvalue weighted by atomic mass is 10.0. The number of aromatic nitrogens is 4. The number of nitrogens with two attached hydrogens (primary N) is 1. The summed E-state index contributed by atoms with van der Waals surface area (Å²) in [5, 5.41) is 8.71. The molecule has 0 amide bonds. The fourth-order valence-corrected chi connectivity index (χ4v) is 2.79. The zero-order chi connectivity index (χ0) is 19.4.